The first-order valence-corrected chi connectivity index (χ1v) is 8.31. The van der Waals surface area contributed by atoms with E-state index in [1.807, 2.05) is 58.0 Å². The lowest BCUT2D eigenvalue weighted by molar-refractivity contribution is 0.0523. The van der Waals surface area contributed by atoms with Crippen molar-refractivity contribution in [2.24, 2.45) is 0 Å². The number of para-hydroxylation sites is 1. The van der Waals surface area contributed by atoms with Crippen molar-refractivity contribution in [3.8, 4) is 0 Å². The maximum atomic E-state index is 13.4. The molecule has 4 nitrogen and oxygen atoms in total. The number of hydrogen-bond donors (Lipinski definition) is 2. The number of halogens is 1. The number of amides is 1. The van der Waals surface area contributed by atoms with Crippen LogP contribution in [0, 0.1) is 5.82 Å². The van der Waals surface area contributed by atoms with Crippen molar-refractivity contribution in [2.75, 3.05) is 5.32 Å². The SMILES string of the molecule is CC(Nc1ccccc1CNC(=O)OC(C)(C)C)c1cccc(F)c1. The van der Waals surface area contributed by atoms with Crippen LogP contribution in [-0.2, 0) is 11.3 Å². The van der Waals surface area contributed by atoms with Crippen LogP contribution in [0.2, 0.25) is 0 Å². The van der Waals surface area contributed by atoms with Crippen LogP contribution >= 0.6 is 0 Å². The molecule has 0 saturated carbocycles. The van der Waals surface area contributed by atoms with Crippen LogP contribution < -0.4 is 10.6 Å². The number of benzene rings is 2. The van der Waals surface area contributed by atoms with Crippen LogP contribution in [0.1, 0.15) is 44.9 Å². The minimum Gasteiger partial charge on any atom is -0.444 e. The fourth-order valence-electron chi connectivity index (χ4n) is 2.39. The first-order chi connectivity index (χ1) is 11.7. The van der Waals surface area contributed by atoms with Gasteiger partial charge in [-0.3, -0.25) is 0 Å². The first kappa shape index (κ1) is 18.8. The number of rotatable bonds is 5. The van der Waals surface area contributed by atoms with E-state index in [0.29, 0.717) is 6.54 Å². The Morgan fingerprint density at radius 2 is 1.88 bits per heavy atom. The fourth-order valence-corrected chi connectivity index (χ4v) is 2.39. The van der Waals surface area contributed by atoms with Gasteiger partial charge in [-0.2, -0.15) is 0 Å². The Labute approximate surface area is 148 Å². The summed E-state index contributed by atoms with van der Waals surface area (Å²) in [7, 11) is 0. The average Bonchev–Trinajstić information content (AvgIpc) is 2.52. The Bertz CT molecular complexity index is 726. The van der Waals surface area contributed by atoms with Crippen molar-refractivity contribution >= 4 is 11.8 Å². The molecule has 2 N–H and O–H groups in total. The fraction of sp³-hybridized carbons (Fsp3) is 0.350. The van der Waals surface area contributed by atoms with E-state index in [4.69, 9.17) is 4.74 Å². The van der Waals surface area contributed by atoms with Crippen LogP contribution in [0.5, 0.6) is 0 Å². The lowest BCUT2D eigenvalue weighted by Crippen LogP contribution is -2.32. The van der Waals surface area contributed by atoms with Gasteiger partial charge in [-0.15, -0.1) is 0 Å². The maximum Gasteiger partial charge on any atom is 0.407 e. The van der Waals surface area contributed by atoms with E-state index < -0.39 is 11.7 Å². The normalized spacial score (nSPS) is 12.4. The molecule has 1 unspecified atom stereocenters. The van der Waals surface area contributed by atoms with E-state index in [9.17, 15) is 9.18 Å². The third kappa shape index (κ3) is 6.10. The smallest absolute Gasteiger partial charge is 0.407 e. The van der Waals surface area contributed by atoms with Gasteiger partial charge in [0.25, 0.3) is 0 Å². The molecule has 0 spiro atoms. The summed E-state index contributed by atoms with van der Waals surface area (Å²) >= 11 is 0. The Morgan fingerprint density at radius 3 is 2.56 bits per heavy atom. The lowest BCUT2D eigenvalue weighted by atomic mass is 10.1. The summed E-state index contributed by atoms with van der Waals surface area (Å²) in [6.07, 6.45) is -0.458. The topological polar surface area (TPSA) is 50.4 Å². The Balaban J connectivity index is 2.04. The van der Waals surface area contributed by atoms with Gasteiger partial charge in [0.05, 0.1) is 0 Å². The van der Waals surface area contributed by atoms with Crippen molar-refractivity contribution in [1.82, 2.24) is 5.32 Å². The van der Waals surface area contributed by atoms with E-state index >= 15 is 0 Å². The monoisotopic (exact) mass is 344 g/mol. The molecule has 0 aliphatic heterocycles. The molecule has 0 saturated heterocycles. The minimum atomic E-state index is -0.534. The largest absolute Gasteiger partial charge is 0.444 e. The van der Waals surface area contributed by atoms with Gasteiger partial charge in [-0.25, -0.2) is 9.18 Å². The Morgan fingerprint density at radius 1 is 1.16 bits per heavy atom. The lowest BCUT2D eigenvalue weighted by Gasteiger charge is -2.21. The molecule has 5 heteroatoms. The van der Waals surface area contributed by atoms with Gasteiger partial charge >= 0.3 is 6.09 Å². The maximum absolute atomic E-state index is 13.4. The quantitative estimate of drug-likeness (QED) is 0.800. The predicted molar refractivity (Wildman–Crippen MR) is 98.0 cm³/mol. The molecule has 0 fully saturated rings. The summed E-state index contributed by atoms with van der Waals surface area (Å²) < 4.78 is 18.7. The van der Waals surface area contributed by atoms with E-state index in [2.05, 4.69) is 10.6 Å². The van der Waals surface area contributed by atoms with E-state index in [-0.39, 0.29) is 11.9 Å². The zero-order chi connectivity index (χ0) is 18.4. The van der Waals surface area contributed by atoms with E-state index in [1.165, 1.54) is 12.1 Å². The first-order valence-electron chi connectivity index (χ1n) is 8.31. The summed E-state index contributed by atoms with van der Waals surface area (Å²) in [6, 6.07) is 14.1. The second kappa shape index (κ2) is 8.01. The van der Waals surface area contributed by atoms with E-state index in [0.717, 1.165) is 16.8 Å². The zero-order valence-electron chi connectivity index (χ0n) is 15.1. The molecule has 0 radical (unpaired) electrons. The number of ether oxygens (including phenoxy) is 1. The third-order valence-corrected chi connectivity index (χ3v) is 3.56. The standard InChI is InChI=1S/C20H25FN2O2/c1-14(15-9-7-10-17(21)12-15)23-18-11-6-5-8-16(18)13-22-19(24)25-20(2,3)4/h5-12,14,23H,13H2,1-4H3,(H,22,24). The Hall–Kier alpha value is -2.56. The van der Waals surface area contributed by atoms with Crippen molar-refractivity contribution in [3.63, 3.8) is 0 Å². The second-order valence-electron chi connectivity index (χ2n) is 6.93. The summed E-state index contributed by atoms with van der Waals surface area (Å²) in [5.74, 6) is -0.258. The minimum absolute atomic E-state index is 0.0709. The molecular formula is C20H25FN2O2. The number of hydrogen-bond acceptors (Lipinski definition) is 3. The van der Waals surface area contributed by atoms with Gasteiger partial charge in [0.1, 0.15) is 11.4 Å². The molecule has 0 bridgehead atoms. The van der Waals surface area contributed by atoms with Crippen LogP contribution in [0.4, 0.5) is 14.9 Å². The molecular weight excluding hydrogens is 319 g/mol. The summed E-state index contributed by atoms with van der Waals surface area (Å²) in [4.78, 5) is 11.8. The van der Waals surface area contributed by atoms with Gasteiger partial charge in [0.15, 0.2) is 0 Å². The highest BCUT2D eigenvalue weighted by Crippen LogP contribution is 2.23. The van der Waals surface area contributed by atoms with Crippen molar-refractivity contribution < 1.29 is 13.9 Å². The third-order valence-electron chi connectivity index (χ3n) is 3.56. The van der Waals surface area contributed by atoms with Crippen molar-refractivity contribution in [2.45, 2.75) is 45.9 Å². The average molecular weight is 344 g/mol. The molecule has 134 valence electrons. The number of alkyl carbamates (subject to hydrolysis) is 1. The zero-order valence-corrected chi connectivity index (χ0v) is 15.1. The number of carbonyl (C=O) groups excluding carboxylic acids is 1. The van der Waals surface area contributed by atoms with Gasteiger partial charge in [-0.05, 0) is 57.0 Å². The number of carbonyl (C=O) groups is 1. The highest BCUT2D eigenvalue weighted by atomic mass is 19.1. The Kier molecular flexibility index (Phi) is 6.02. The number of nitrogens with one attached hydrogen (secondary N) is 2. The predicted octanol–water partition coefficient (Wildman–Crippen LogP) is 5.02. The molecule has 2 rings (SSSR count). The van der Waals surface area contributed by atoms with Crippen LogP contribution in [0.25, 0.3) is 0 Å². The van der Waals surface area contributed by atoms with Gasteiger partial charge in [0, 0.05) is 18.3 Å². The molecule has 0 aliphatic rings. The summed E-state index contributed by atoms with van der Waals surface area (Å²) in [5, 5.41) is 6.12. The van der Waals surface area contributed by atoms with Gasteiger partial charge in [0.2, 0.25) is 0 Å². The van der Waals surface area contributed by atoms with Crippen LogP contribution in [0.3, 0.4) is 0 Å². The highest BCUT2D eigenvalue weighted by Gasteiger charge is 2.16. The molecule has 1 amide bonds. The molecule has 1 atom stereocenters. The van der Waals surface area contributed by atoms with Crippen molar-refractivity contribution in [3.05, 3.63) is 65.5 Å². The molecule has 2 aromatic carbocycles. The highest BCUT2D eigenvalue weighted by molar-refractivity contribution is 5.68. The van der Waals surface area contributed by atoms with Crippen LogP contribution in [-0.4, -0.2) is 11.7 Å². The number of anilines is 1. The summed E-state index contributed by atoms with van der Waals surface area (Å²) in [5.41, 5.74) is 2.13. The van der Waals surface area contributed by atoms with Crippen molar-refractivity contribution in [1.29, 1.82) is 0 Å². The molecule has 25 heavy (non-hydrogen) atoms. The van der Waals surface area contributed by atoms with E-state index in [1.54, 1.807) is 6.07 Å². The molecule has 0 aromatic heterocycles. The molecule has 0 aliphatic carbocycles. The molecule has 2 aromatic rings. The second-order valence-corrected chi connectivity index (χ2v) is 6.93. The van der Waals surface area contributed by atoms with Crippen LogP contribution in [0.15, 0.2) is 48.5 Å². The molecule has 0 heterocycles. The van der Waals surface area contributed by atoms with Gasteiger partial charge in [-0.1, -0.05) is 30.3 Å². The van der Waals surface area contributed by atoms with Gasteiger partial charge < -0.3 is 15.4 Å². The summed E-state index contributed by atoms with van der Waals surface area (Å²) in [6.45, 7) is 7.77.